The topological polar surface area (TPSA) is 73.0 Å². The molecule has 0 fully saturated rings. The Bertz CT molecular complexity index is 612. The van der Waals surface area contributed by atoms with Crippen molar-refractivity contribution in [3.05, 3.63) is 52.3 Å². The molecule has 1 aromatic heterocycles. The first kappa shape index (κ1) is 13.0. The summed E-state index contributed by atoms with van der Waals surface area (Å²) in [6, 6.07) is 3.04. The first-order valence-electron chi connectivity index (χ1n) is 5.66. The molecular formula is C12H13FN4O2. The van der Waals surface area contributed by atoms with E-state index in [4.69, 9.17) is 0 Å². The number of hydrogen-bond acceptors (Lipinski definition) is 4. The van der Waals surface area contributed by atoms with Gasteiger partial charge in [-0.15, -0.1) is 0 Å². The van der Waals surface area contributed by atoms with E-state index in [9.17, 15) is 14.5 Å². The van der Waals surface area contributed by atoms with Crippen LogP contribution in [-0.4, -0.2) is 14.5 Å². The summed E-state index contributed by atoms with van der Waals surface area (Å²) in [5.74, 6) is 0.179. The third-order valence-corrected chi connectivity index (χ3v) is 2.77. The number of rotatable bonds is 4. The molecule has 2 aromatic rings. The maximum absolute atomic E-state index is 13.2. The van der Waals surface area contributed by atoms with Crippen LogP contribution in [0.25, 0.3) is 0 Å². The van der Waals surface area contributed by atoms with E-state index in [0.717, 1.165) is 18.2 Å². The maximum Gasteiger partial charge on any atom is 0.292 e. The summed E-state index contributed by atoms with van der Waals surface area (Å²) in [6.45, 7) is 1.80. The van der Waals surface area contributed by atoms with Gasteiger partial charge in [0.05, 0.1) is 11.0 Å². The molecule has 6 nitrogen and oxygen atoms in total. The number of nitro benzene ring substituents is 1. The summed E-state index contributed by atoms with van der Waals surface area (Å²) in [7, 11) is 1.82. The summed E-state index contributed by atoms with van der Waals surface area (Å²) < 4.78 is 15.0. The number of benzene rings is 1. The molecule has 0 aliphatic carbocycles. The van der Waals surface area contributed by atoms with Crippen LogP contribution in [0.5, 0.6) is 0 Å². The molecule has 7 heteroatoms. The minimum Gasteiger partial charge on any atom is -0.370 e. The summed E-state index contributed by atoms with van der Waals surface area (Å²) in [4.78, 5) is 14.5. The van der Waals surface area contributed by atoms with Crippen LogP contribution < -0.4 is 5.32 Å². The highest BCUT2D eigenvalue weighted by molar-refractivity contribution is 5.62. The zero-order valence-corrected chi connectivity index (χ0v) is 10.5. The van der Waals surface area contributed by atoms with E-state index in [1.165, 1.54) is 0 Å². The number of nitrogens with one attached hydrogen (secondary N) is 1. The molecule has 0 aliphatic heterocycles. The van der Waals surface area contributed by atoms with Crippen LogP contribution in [0.2, 0.25) is 0 Å². The van der Waals surface area contributed by atoms with Crippen molar-refractivity contribution in [2.45, 2.75) is 13.0 Å². The van der Waals surface area contributed by atoms with Gasteiger partial charge in [0, 0.05) is 31.6 Å². The molecule has 0 aliphatic rings. The molecule has 1 atom stereocenters. The molecule has 0 amide bonds. The Morgan fingerprint density at radius 1 is 1.53 bits per heavy atom. The Kier molecular flexibility index (Phi) is 3.46. The highest BCUT2D eigenvalue weighted by Gasteiger charge is 2.18. The summed E-state index contributed by atoms with van der Waals surface area (Å²) in [5, 5.41) is 13.8. The van der Waals surface area contributed by atoms with Crippen LogP contribution in [-0.2, 0) is 7.05 Å². The van der Waals surface area contributed by atoms with Gasteiger partial charge >= 0.3 is 0 Å². The molecule has 1 heterocycles. The number of halogens is 1. The molecule has 0 saturated carbocycles. The number of nitrogens with zero attached hydrogens (tertiary/aromatic N) is 3. The van der Waals surface area contributed by atoms with Crippen LogP contribution in [0.3, 0.4) is 0 Å². The highest BCUT2D eigenvalue weighted by Crippen LogP contribution is 2.28. The molecule has 0 saturated heterocycles. The van der Waals surface area contributed by atoms with Crippen molar-refractivity contribution in [1.82, 2.24) is 9.55 Å². The fourth-order valence-electron chi connectivity index (χ4n) is 1.88. The zero-order valence-electron chi connectivity index (χ0n) is 10.5. The number of aromatic nitrogens is 2. The number of anilines is 1. The van der Waals surface area contributed by atoms with Gasteiger partial charge in [-0.05, 0) is 13.0 Å². The zero-order chi connectivity index (χ0) is 14.0. The van der Waals surface area contributed by atoms with E-state index < -0.39 is 10.7 Å². The van der Waals surface area contributed by atoms with E-state index in [2.05, 4.69) is 10.3 Å². The fraction of sp³-hybridized carbons (Fsp3) is 0.250. The van der Waals surface area contributed by atoms with E-state index in [1.807, 2.05) is 7.05 Å². The van der Waals surface area contributed by atoms with E-state index >= 15 is 0 Å². The first-order valence-corrected chi connectivity index (χ1v) is 5.66. The lowest BCUT2D eigenvalue weighted by molar-refractivity contribution is -0.384. The Balaban J connectivity index is 2.30. The number of hydrogen-bond donors (Lipinski definition) is 1. The molecule has 0 bridgehead atoms. The van der Waals surface area contributed by atoms with Gasteiger partial charge in [-0.2, -0.15) is 0 Å². The predicted octanol–water partition coefficient (Wildman–Crippen LogP) is 2.64. The Labute approximate surface area is 109 Å². The van der Waals surface area contributed by atoms with Crippen molar-refractivity contribution >= 4 is 11.4 Å². The lowest BCUT2D eigenvalue weighted by Gasteiger charge is -2.15. The molecule has 1 aromatic carbocycles. The average molecular weight is 264 g/mol. The average Bonchev–Trinajstić information content (AvgIpc) is 2.75. The lowest BCUT2D eigenvalue weighted by Crippen LogP contribution is -2.13. The number of imidazole rings is 1. The van der Waals surface area contributed by atoms with E-state index in [1.54, 1.807) is 23.9 Å². The predicted molar refractivity (Wildman–Crippen MR) is 68.3 cm³/mol. The SMILES string of the molecule is CC(Nc1cc(F)ccc1[N+](=O)[O-])c1nccn1C. The molecule has 1 N–H and O–H groups in total. The lowest BCUT2D eigenvalue weighted by atomic mass is 10.2. The first-order chi connectivity index (χ1) is 8.99. The highest BCUT2D eigenvalue weighted by atomic mass is 19.1. The maximum atomic E-state index is 13.2. The fourth-order valence-corrected chi connectivity index (χ4v) is 1.88. The Hall–Kier alpha value is -2.44. The Morgan fingerprint density at radius 3 is 2.84 bits per heavy atom. The standard InChI is InChI=1S/C12H13FN4O2/c1-8(12-14-5-6-16(12)2)15-10-7-9(13)3-4-11(10)17(18)19/h3-8,15H,1-2H3. The van der Waals surface area contributed by atoms with E-state index in [-0.39, 0.29) is 17.4 Å². The van der Waals surface area contributed by atoms with E-state index in [0.29, 0.717) is 5.82 Å². The molecule has 0 radical (unpaired) electrons. The van der Waals surface area contributed by atoms with Crippen LogP contribution >= 0.6 is 0 Å². The molecular weight excluding hydrogens is 251 g/mol. The van der Waals surface area contributed by atoms with Crippen molar-refractivity contribution in [3.8, 4) is 0 Å². The third-order valence-electron chi connectivity index (χ3n) is 2.77. The molecule has 0 spiro atoms. The van der Waals surface area contributed by atoms with Gasteiger partial charge in [-0.1, -0.05) is 0 Å². The summed E-state index contributed by atoms with van der Waals surface area (Å²) in [6.07, 6.45) is 3.40. The normalized spacial score (nSPS) is 12.2. The molecule has 100 valence electrons. The second-order valence-corrected chi connectivity index (χ2v) is 4.18. The van der Waals surface area contributed by atoms with Crippen molar-refractivity contribution in [2.24, 2.45) is 7.05 Å². The second-order valence-electron chi connectivity index (χ2n) is 4.18. The number of aryl methyl sites for hydroxylation is 1. The Morgan fingerprint density at radius 2 is 2.26 bits per heavy atom. The van der Waals surface area contributed by atoms with Crippen molar-refractivity contribution in [1.29, 1.82) is 0 Å². The minimum absolute atomic E-state index is 0.139. The van der Waals surface area contributed by atoms with Crippen molar-refractivity contribution < 1.29 is 9.31 Å². The van der Waals surface area contributed by atoms with Gasteiger partial charge in [0.15, 0.2) is 0 Å². The summed E-state index contributed by atoms with van der Waals surface area (Å²) >= 11 is 0. The smallest absolute Gasteiger partial charge is 0.292 e. The van der Waals surface area contributed by atoms with Crippen LogP contribution in [0.15, 0.2) is 30.6 Å². The van der Waals surface area contributed by atoms with Gasteiger partial charge in [-0.25, -0.2) is 9.37 Å². The quantitative estimate of drug-likeness (QED) is 0.680. The van der Waals surface area contributed by atoms with Crippen LogP contribution in [0, 0.1) is 15.9 Å². The largest absolute Gasteiger partial charge is 0.370 e. The second kappa shape index (κ2) is 5.05. The van der Waals surface area contributed by atoms with Crippen LogP contribution in [0.4, 0.5) is 15.8 Å². The molecule has 2 rings (SSSR count). The molecule has 19 heavy (non-hydrogen) atoms. The minimum atomic E-state index is -0.549. The van der Waals surface area contributed by atoms with Gasteiger partial charge in [0.1, 0.15) is 17.3 Å². The van der Waals surface area contributed by atoms with Gasteiger partial charge in [0.2, 0.25) is 0 Å². The third kappa shape index (κ3) is 2.70. The van der Waals surface area contributed by atoms with Crippen molar-refractivity contribution in [2.75, 3.05) is 5.32 Å². The van der Waals surface area contributed by atoms with Gasteiger partial charge in [-0.3, -0.25) is 10.1 Å². The van der Waals surface area contributed by atoms with Crippen LogP contribution in [0.1, 0.15) is 18.8 Å². The van der Waals surface area contributed by atoms with Gasteiger partial charge < -0.3 is 9.88 Å². The van der Waals surface area contributed by atoms with Crippen molar-refractivity contribution in [3.63, 3.8) is 0 Å². The van der Waals surface area contributed by atoms with Gasteiger partial charge in [0.25, 0.3) is 5.69 Å². The number of nitro groups is 1. The molecule has 1 unspecified atom stereocenters. The monoisotopic (exact) mass is 264 g/mol. The summed E-state index contributed by atoms with van der Waals surface area (Å²) in [5.41, 5.74) is -0.0250.